The topological polar surface area (TPSA) is 79.8 Å². The second-order valence-electron chi connectivity index (χ2n) is 6.80. The summed E-state index contributed by atoms with van der Waals surface area (Å²) in [6, 6.07) is 11.9. The molecule has 0 aliphatic carbocycles. The third-order valence-electron chi connectivity index (χ3n) is 4.53. The molecule has 156 valence electrons. The molecule has 0 spiro atoms. The third-order valence-corrected chi connectivity index (χ3v) is 4.53. The molecule has 2 heterocycles. The molecule has 0 aliphatic rings. The van der Waals surface area contributed by atoms with E-state index >= 15 is 0 Å². The van der Waals surface area contributed by atoms with Crippen LogP contribution in [-0.2, 0) is 6.18 Å². The van der Waals surface area contributed by atoms with Crippen LogP contribution in [0.2, 0.25) is 0 Å². The number of hydrogen-bond donors (Lipinski definition) is 2. The van der Waals surface area contributed by atoms with Crippen LogP contribution in [0.1, 0.15) is 21.6 Å². The first-order valence-electron chi connectivity index (χ1n) is 9.23. The second-order valence-corrected chi connectivity index (χ2v) is 6.80. The van der Waals surface area contributed by atoms with Gasteiger partial charge in [-0.3, -0.25) is 9.78 Å². The highest BCUT2D eigenvalue weighted by atomic mass is 19.4. The standard InChI is InChI=1S/C22H16F3N5O/c1-13-9-20(28-15-4-2-3-14(10-15)22(23,24)25)30-18-6-5-16(11-17(13)18)29-21(31)19-12-26-7-8-27-19/h2-12H,1H3,(H,28,30)(H,29,31). The molecule has 0 saturated heterocycles. The lowest BCUT2D eigenvalue weighted by atomic mass is 10.1. The molecule has 0 bridgehead atoms. The summed E-state index contributed by atoms with van der Waals surface area (Å²) in [6.45, 7) is 1.86. The molecule has 0 atom stereocenters. The summed E-state index contributed by atoms with van der Waals surface area (Å²) in [5.74, 6) is 0.0292. The molecule has 31 heavy (non-hydrogen) atoms. The summed E-state index contributed by atoms with van der Waals surface area (Å²) in [4.78, 5) is 24.6. The van der Waals surface area contributed by atoms with Gasteiger partial charge in [-0.2, -0.15) is 13.2 Å². The Balaban J connectivity index is 1.58. The van der Waals surface area contributed by atoms with Crippen LogP contribution in [0.4, 0.5) is 30.4 Å². The molecule has 2 aromatic carbocycles. The predicted octanol–water partition coefficient (Wildman–Crippen LogP) is 5.35. The monoisotopic (exact) mass is 423 g/mol. The molecule has 6 nitrogen and oxygen atoms in total. The maximum atomic E-state index is 12.9. The summed E-state index contributed by atoms with van der Waals surface area (Å²) < 4.78 is 38.8. The number of anilines is 3. The minimum atomic E-state index is -4.42. The lowest BCUT2D eigenvalue weighted by molar-refractivity contribution is -0.137. The van der Waals surface area contributed by atoms with Crippen LogP contribution in [0.3, 0.4) is 0 Å². The van der Waals surface area contributed by atoms with E-state index in [9.17, 15) is 18.0 Å². The molecule has 1 amide bonds. The Morgan fingerprint density at radius 2 is 1.84 bits per heavy atom. The summed E-state index contributed by atoms with van der Waals surface area (Å²) in [7, 11) is 0. The van der Waals surface area contributed by atoms with Gasteiger partial charge in [0, 0.05) is 29.2 Å². The van der Waals surface area contributed by atoms with Crippen LogP contribution in [0.25, 0.3) is 10.9 Å². The van der Waals surface area contributed by atoms with Crippen LogP contribution < -0.4 is 10.6 Å². The van der Waals surface area contributed by atoms with Gasteiger partial charge in [0.15, 0.2) is 0 Å². The average molecular weight is 423 g/mol. The zero-order chi connectivity index (χ0) is 22.0. The minimum Gasteiger partial charge on any atom is -0.340 e. The molecule has 0 fully saturated rings. The first-order valence-corrected chi connectivity index (χ1v) is 9.23. The number of rotatable bonds is 4. The Labute approximate surface area is 175 Å². The van der Waals surface area contributed by atoms with Crippen LogP contribution >= 0.6 is 0 Å². The summed E-state index contributed by atoms with van der Waals surface area (Å²) in [6.07, 6.45) is -0.138. The van der Waals surface area contributed by atoms with Crippen molar-refractivity contribution in [3.05, 3.63) is 83.9 Å². The first-order chi connectivity index (χ1) is 14.8. The molecule has 0 saturated carbocycles. The van der Waals surface area contributed by atoms with Crippen LogP contribution in [0.5, 0.6) is 0 Å². The van der Waals surface area contributed by atoms with Gasteiger partial charge >= 0.3 is 6.18 Å². The van der Waals surface area contributed by atoms with Crippen molar-refractivity contribution in [2.24, 2.45) is 0 Å². The van der Waals surface area contributed by atoms with Gasteiger partial charge in [0.2, 0.25) is 0 Å². The molecular formula is C22H16F3N5O. The van der Waals surface area contributed by atoms with Crippen molar-refractivity contribution in [3.63, 3.8) is 0 Å². The number of alkyl halides is 3. The highest BCUT2D eigenvalue weighted by molar-refractivity contribution is 6.03. The smallest absolute Gasteiger partial charge is 0.340 e. The lowest BCUT2D eigenvalue weighted by Gasteiger charge is -2.12. The van der Waals surface area contributed by atoms with Crippen LogP contribution in [0, 0.1) is 6.92 Å². The van der Waals surface area contributed by atoms with Crippen molar-refractivity contribution in [1.82, 2.24) is 15.0 Å². The molecule has 4 aromatic rings. The SMILES string of the molecule is Cc1cc(Nc2cccc(C(F)(F)F)c2)nc2ccc(NC(=O)c3cnccn3)cc12. The maximum absolute atomic E-state index is 12.9. The number of nitrogens with one attached hydrogen (secondary N) is 2. The summed E-state index contributed by atoms with van der Waals surface area (Å²) >= 11 is 0. The number of pyridine rings is 1. The molecule has 9 heteroatoms. The van der Waals surface area contributed by atoms with E-state index in [0.717, 1.165) is 23.1 Å². The fourth-order valence-electron chi connectivity index (χ4n) is 3.07. The zero-order valence-electron chi connectivity index (χ0n) is 16.2. The number of carbonyl (C=O) groups is 1. The fraction of sp³-hybridized carbons (Fsp3) is 0.0909. The quantitative estimate of drug-likeness (QED) is 0.463. The third kappa shape index (κ3) is 4.61. The highest BCUT2D eigenvalue weighted by Gasteiger charge is 2.30. The van der Waals surface area contributed by atoms with E-state index in [4.69, 9.17) is 0 Å². The number of amides is 1. The molecule has 0 unspecified atom stereocenters. The summed E-state index contributed by atoms with van der Waals surface area (Å²) in [5, 5.41) is 6.48. The van der Waals surface area contributed by atoms with Gasteiger partial charge in [-0.15, -0.1) is 0 Å². The number of nitrogens with zero attached hydrogens (tertiary/aromatic N) is 3. The largest absolute Gasteiger partial charge is 0.416 e. The molecule has 4 rings (SSSR count). The minimum absolute atomic E-state index is 0.193. The van der Waals surface area contributed by atoms with Gasteiger partial charge in [-0.25, -0.2) is 9.97 Å². The van der Waals surface area contributed by atoms with E-state index in [2.05, 4.69) is 25.6 Å². The first kappa shape index (κ1) is 20.3. The number of aryl methyl sites for hydroxylation is 1. The van der Waals surface area contributed by atoms with Crippen molar-refractivity contribution in [2.75, 3.05) is 10.6 Å². The van der Waals surface area contributed by atoms with E-state index in [-0.39, 0.29) is 17.3 Å². The van der Waals surface area contributed by atoms with E-state index in [1.54, 1.807) is 30.3 Å². The number of fused-ring (bicyclic) bond motifs is 1. The Bertz CT molecular complexity index is 1260. The number of hydrogen-bond acceptors (Lipinski definition) is 5. The molecule has 2 N–H and O–H groups in total. The molecule has 0 aliphatic heterocycles. The Kier molecular flexibility index (Phi) is 5.24. The number of benzene rings is 2. The molecule has 2 aromatic heterocycles. The van der Waals surface area contributed by atoms with E-state index in [1.807, 2.05) is 6.92 Å². The average Bonchev–Trinajstić information content (AvgIpc) is 2.74. The predicted molar refractivity (Wildman–Crippen MR) is 111 cm³/mol. The van der Waals surface area contributed by atoms with Gasteiger partial charge in [-0.1, -0.05) is 6.07 Å². The highest BCUT2D eigenvalue weighted by Crippen LogP contribution is 2.32. The van der Waals surface area contributed by atoms with Gasteiger partial charge in [0.1, 0.15) is 11.5 Å². The number of aromatic nitrogens is 3. The van der Waals surface area contributed by atoms with Crippen LogP contribution in [0.15, 0.2) is 67.1 Å². The van der Waals surface area contributed by atoms with Gasteiger partial charge in [0.25, 0.3) is 5.91 Å². The zero-order valence-corrected chi connectivity index (χ0v) is 16.2. The van der Waals surface area contributed by atoms with Crippen molar-refractivity contribution in [3.8, 4) is 0 Å². The lowest BCUT2D eigenvalue weighted by Crippen LogP contribution is -2.13. The van der Waals surface area contributed by atoms with Crippen molar-refractivity contribution in [2.45, 2.75) is 13.1 Å². The second kappa shape index (κ2) is 8.02. The van der Waals surface area contributed by atoms with Crippen molar-refractivity contribution >= 4 is 34.0 Å². The maximum Gasteiger partial charge on any atom is 0.416 e. The Morgan fingerprint density at radius 3 is 2.58 bits per heavy atom. The van der Waals surface area contributed by atoms with Gasteiger partial charge < -0.3 is 10.6 Å². The fourth-order valence-corrected chi connectivity index (χ4v) is 3.07. The normalized spacial score (nSPS) is 11.4. The Hall–Kier alpha value is -4.01. The van der Waals surface area contributed by atoms with E-state index in [1.165, 1.54) is 24.7 Å². The number of halogens is 3. The molecular weight excluding hydrogens is 407 g/mol. The van der Waals surface area contributed by atoms with Crippen molar-refractivity contribution < 1.29 is 18.0 Å². The van der Waals surface area contributed by atoms with Gasteiger partial charge in [0.05, 0.1) is 17.3 Å². The summed E-state index contributed by atoms with van der Waals surface area (Å²) in [5.41, 5.74) is 1.78. The van der Waals surface area contributed by atoms with E-state index < -0.39 is 11.7 Å². The van der Waals surface area contributed by atoms with E-state index in [0.29, 0.717) is 17.0 Å². The van der Waals surface area contributed by atoms with Crippen molar-refractivity contribution in [1.29, 1.82) is 0 Å². The van der Waals surface area contributed by atoms with Gasteiger partial charge in [-0.05, 0) is 55.0 Å². The Morgan fingerprint density at radius 1 is 1.00 bits per heavy atom. The van der Waals surface area contributed by atoms with Crippen LogP contribution in [-0.4, -0.2) is 20.9 Å². The molecule has 0 radical (unpaired) electrons. The number of carbonyl (C=O) groups excluding carboxylic acids is 1.